The topological polar surface area (TPSA) is 52.5 Å². The molecule has 0 aliphatic rings. The van der Waals surface area contributed by atoms with Crippen LogP contribution in [0.4, 0.5) is 0 Å². The molecular formula is C12H18BrNO2. The van der Waals surface area contributed by atoms with Gasteiger partial charge in [-0.1, -0.05) is 35.0 Å². The Kier molecular flexibility index (Phi) is 5.98. The Labute approximate surface area is 105 Å². The van der Waals surface area contributed by atoms with E-state index in [4.69, 9.17) is 10.2 Å². The predicted octanol–water partition coefficient (Wildman–Crippen LogP) is 1.84. The van der Waals surface area contributed by atoms with Crippen LogP contribution in [-0.4, -0.2) is 29.5 Å². The third-order valence-electron chi connectivity index (χ3n) is 2.54. The van der Waals surface area contributed by atoms with Crippen molar-refractivity contribution in [3.63, 3.8) is 0 Å². The van der Waals surface area contributed by atoms with Gasteiger partial charge in [0.1, 0.15) is 0 Å². The standard InChI is InChI=1S/C12H18BrNO2/c1-2-12(14-11(7-15)8-16)9-4-3-5-10(13)6-9/h3-6,11-12,14-16H,2,7-8H2,1H3. The van der Waals surface area contributed by atoms with Crippen LogP contribution in [0, 0.1) is 0 Å². The summed E-state index contributed by atoms with van der Waals surface area (Å²) in [6.07, 6.45) is 0.910. The maximum Gasteiger partial charge on any atom is 0.0607 e. The Balaban J connectivity index is 2.74. The Morgan fingerprint density at radius 3 is 2.50 bits per heavy atom. The van der Waals surface area contributed by atoms with Crippen LogP contribution in [0.2, 0.25) is 0 Å². The van der Waals surface area contributed by atoms with Crippen molar-refractivity contribution in [1.29, 1.82) is 0 Å². The molecule has 0 saturated heterocycles. The molecule has 1 aromatic carbocycles. The molecule has 0 aliphatic carbocycles. The van der Waals surface area contributed by atoms with Gasteiger partial charge < -0.3 is 15.5 Å². The molecule has 0 aromatic heterocycles. The molecule has 0 bridgehead atoms. The highest BCUT2D eigenvalue weighted by molar-refractivity contribution is 9.10. The van der Waals surface area contributed by atoms with E-state index in [1.165, 1.54) is 0 Å². The molecule has 3 nitrogen and oxygen atoms in total. The Morgan fingerprint density at radius 2 is 2.00 bits per heavy atom. The molecule has 1 aromatic rings. The second-order valence-electron chi connectivity index (χ2n) is 3.74. The van der Waals surface area contributed by atoms with Crippen LogP contribution in [0.5, 0.6) is 0 Å². The van der Waals surface area contributed by atoms with Crippen molar-refractivity contribution in [2.45, 2.75) is 25.4 Å². The number of halogens is 1. The van der Waals surface area contributed by atoms with E-state index in [1.54, 1.807) is 0 Å². The molecule has 0 saturated carbocycles. The lowest BCUT2D eigenvalue weighted by molar-refractivity contribution is 0.161. The smallest absolute Gasteiger partial charge is 0.0607 e. The van der Waals surface area contributed by atoms with Crippen molar-refractivity contribution in [2.24, 2.45) is 0 Å². The predicted molar refractivity (Wildman–Crippen MR) is 68.3 cm³/mol. The van der Waals surface area contributed by atoms with Gasteiger partial charge in [-0.3, -0.25) is 0 Å². The molecule has 3 N–H and O–H groups in total. The molecule has 1 atom stereocenters. The van der Waals surface area contributed by atoms with Gasteiger partial charge in [0, 0.05) is 10.5 Å². The summed E-state index contributed by atoms with van der Waals surface area (Å²) in [5.74, 6) is 0. The zero-order valence-corrected chi connectivity index (χ0v) is 10.9. The van der Waals surface area contributed by atoms with Gasteiger partial charge in [0.25, 0.3) is 0 Å². The first-order chi connectivity index (χ1) is 7.71. The number of rotatable bonds is 6. The summed E-state index contributed by atoms with van der Waals surface area (Å²) >= 11 is 3.43. The fraction of sp³-hybridized carbons (Fsp3) is 0.500. The summed E-state index contributed by atoms with van der Waals surface area (Å²) in [5.41, 5.74) is 1.16. The van der Waals surface area contributed by atoms with Gasteiger partial charge in [0.15, 0.2) is 0 Å². The lowest BCUT2D eigenvalue weighted by atomic mass is 10.0. The van der Waals surface area contributed by atoms with Crippen molar-refractivity contribution in [2.75, 3.05) is 13.2 Å². The van der Waals surface area contributed by atoms with Crippen molar-refractivity contribution in [1.82, 2.24) is 5.32 Å². The third-order valence-corrected chi connectivity index (χ3v) is 3.03. The first-order valence-corrected chi connectivity index (χ1v) is 6.23. The van der Waals surface area contributed by atoms with Gasteiger partial charge in [-0.05, 0) is 24.1 Å². The molecule has 16 heavy (non-hydrogen) atoms. The van der Waals surface area contributed by atoms with Gasteiger partial charge in [0.2, 0.25) is 0 Å². The largest absolute Gasteiger partial charge is 0.395 e. The number of hydrogen-bond donors (Lipinski definition) is 3. The first-order valence-electron chi connectivity index (χ1n) is 5.44. The van der Waals surface area contributed by atoms with Crippen LogP contribution in [0.15, 0.2) is 28.7 Å². The highest BCUT2D eigenvalue weighted by Crippen LogP contribution is 2.21. The molecule has 90 valence electrons. The Bertz CT molecular complexity index is 316. The maximum atomic E-state index is 9.04. The normalized spacial score (nSPS) is 13.1. The molecule has 0 spiro atoms. The van der Waals surface area contributed by atoms with E-state index in [-0.39, 0.29) is 25.3 Å². The minimum absolute atomic E-state index is 0.0546. The van der Waals surface area contributed by atoms with Crippen LogP contribution >= 0.6 is 15.9 Å². The molecule has 0 fully saturated rings. The zero-order chi connectivity index (χ0) is 12.0. The summed E-state index contributed by atoms with van der Waals surface area (Å²) < 4.78 is 1.04. The fourth-order valence-electron chi connectivity index (χ4n) is 1.62. The summed E-state index contributed by atoms with van der Waals surface area (Å²) in [4.78, 5) is 0. The van der Waals surface area contributed by atoms with Gasteiger partial charge in [-0.15, -0.1) is 0 Å². The lowest BCUT2D eigenvalue weighted by Gasteiger charge is -2.22. The summed E-state index contributed by atoms with van der Waals surface area (Å²) in [6, 6.07) is 7.94. The van der Waals surface area contributed by atoms with Crippen LogP contribution in [-0.2, 0) is 0 Å². The molecule has 0 amide bonds. The SMILES string of the molecule is CCC(NC(CO)CO)c1cccc(Br)c1. The minimum atomic E-state index is -0.260. The second kappa shape index (κ2) is 7.01. The minimum Gasteiger partial charge on any atom is -0.395 e. The van der Waals surface area contributed by atoms with E-state index in [1.807, 2.05) is 24.3 Å². The molecule has 0 radical (unpaired) electrons. The van der Waals surface area contributed by atoms with Gasteiger partial charge in [-0.25, -0.2) is 0 Å². The third kappa shape index (κ3) is 3.87. The first kappa shape index (κ1) is 13.6. The van der Waals surface area contributed by atoms with Crippen LogP contribution < -0.4 is 5.32 Å². The highest BCUT2D eigenvalue weighted by atomic mass is 79.9. The number of hydrogen-bond acceptors (Lipinski definition) is 3. The van der Waals surface area contributed by atoms with E-state index >= 15 is 0 Å². The number of nitrogens with one attached hydrogen (secondary N) is 1. The van der Waals surface area contributed by atoms with E-state index in [2.05, 4.69) is 28.2 Å². The van der Waals surface area contributed by atoms with Crippen molar-refractivity contribution in [3.8, 4) is 0 Å². The number of aliphatic hydroxyl groups is 2. The molecule has 1 rings (SSSR count). The van der Waals surface area contributed by atoms with E-state index in [0.717, 1.165) is 16.5 Å². The highest BCUT2D eigenvalue weighted by Gasteiger charge is 2.14. The Morgan fingerprint density at radius 1 is 1.31 bits per heavy atom. The second-order valence-corrected chi connectivity index (χ2v) is 4.66. The average Bonchev–Trinajstić information content (AvgIpc) is 2.31. The van der Waals surface area contributed by atoms with E-state index in [9.17, 15) is 0 Å². The van der Waals surface area contributed by atoms with Crippen molar-refractivity contribution >= 4 is 15.9 Å². The van der Waals surface area contributed by atoms with Gasteiger partial charge in [-0.2, -0.15) is 0 Å². The van der Waals surface area contributed by atoms with Crippen LogP contribution in [0.3, 0.4) is 0 Å². The monoisotopic (exact) mass is 287 g/mol. The molecule has 4 heteroatoms. The molecular weight excluding hydrogens is 270 g/mol. The summed E-state index contributed by atoms with van der Waals surface area (Å²) in [5, 5.41) is 21.3. The summed E-state index contributed by atoms with van der Waals surface area (Å²) in [7, 11) is 0. The zero-order valence-electron chi connectivity index (χ0n) is 9.36. The van der Waals surface area contributed by atoms with Crippen LogP contribution in [0.25, 0.3) is 0 Å². The van der Waals surface area contributed by atoms with Gasteiger partial charge >= 0.3 is 0 Å². The fourth-order valence-corrected chi connectivity index (χ4v) is 2.04. The maximum absolute atomic E-state index is 9.04. The number of benzene rings is 1. The molecule has 0 aliphatic heterocycles. The van der Waals surface area contributed by atoms with Crippen molar-refractivity contribution in [3.05, 3.63) is 34.3 Å². The molecule has 1 unspecified atom stereocenters. The van der Waals surface area contributed by atoms with E-state index in [0.29, 0.717) is 0 Å². The quantitative estimate of drug-likeness (QED) is 0.748. The van der Waals surface area contributed by atoms with E-state index < -0.39 is 0 Å². The van der Waals surface area contributed by atoms with Gasteiger partial charge in [0.05, 0.1) is 19.3 Å². The average molecular weight is 288 g/mol. The Hall–Kier alpha value is -0.420. The van der Waals surface area contributed by atoms with Crippen LogP contribution in [0.1, 0.15) is 24.9 Å². The van der Waals surface area contributed by atoms with Crippen molar-refractivity contribution < 1.29 is 10.2 Å². The lowest BCUT2D eigenvalue weighted by Crippen LogP contribution is -2.38. The number of aliphatic hydroxyl groups excluding tert-OH is 2. The summed E-state index contributed by atoms with van der Waals surface area (Å²) in [6.45, 7) is 1.96. The molecule has 0 heterocycles.